The van der Waals surface area contributed by atoms with Gasteiger partial charge in [-0.2, -0.15) is 5.10 Å². The summed E-state index contributed by atoms with van der Waals surface area (Å²) in [4.78, 5) is 8.30. The number of rotatable bonds is 6. The van der Waals surface area contributed by atoms with E-state index < -0.39 is 0 Å². The molecule has 0 saturated heterocycles. The van der Waals surface area contributed by atoms with E-state index >= 15 is 0 Å². The molecule has 7 heteroatoms. The molecule has 5 rings (SSSR count). The van der Waals surface area contributed by atoms with Crippen molar-refractivity contribution in [3.8, 4) is 45.6 Å². The van der Waals surface area contributed by atoms with Crippen molar-refractivity contribution in [2.75, 3.05) is 21.3 Å². The molecule has 2 aromatic heterocycles. The second-order valence-electron chi connectivity index (χ2n) is 7.69. The fourth-order valence-electron chi connectivity index (χ4n) is 3.94. The number of nitrogens with zero attached hydrogens (tertiary/aromatic N) is 3. The van der Waals surface area contributed by atoms with E-state index in [1.165, 1.54) is 5.56 Å². The van der Waals surface area contributed by atoms with Gasteiger partial charge in [-0.1, -0.05) is 24.3 Å². The monoisotopic (exact) mass is 440 g/mol. The highest BCUT2D eigenvalue weighted by Crippen LogP contribution is 2.43. The van der Waals surface area contributed by atoms with Crippen LogP contribution in [0.1, 0.15) is 5.56 Å². The van der Waals surface area contributed by atoms with Gasteiger partial charge in [-0.15, -0.1) is 0 Å². The van der Waals surface area contributed by atoms with E-state index in [0.29, 0.717) is 17.2 Å². The summed E-state index contributed by atoms with van der Waals surface area (Å²) in [6, 6.07) is 19.9. The zero-order valence-electron chi connectivity index (χ0n) is 18.9. The third kappa shape index (κ3) is 3.67. The second kappa shape index (κ2) is 8.35. The Morgan fingerprint density at radius 2 is 1.58 bits per heavy atom. The molecule has 0 atom stereocenters. The van der Waals surface area contributed by atoms with Crippen molar-refractivity contribution >= 4 is 11.0 Å². The molecule has 5 aromatic rings. The van der Waals surface area contributed by atoms with Crippen LogP contribution in [0.2, 0.25) is 0 Å². The fourth-order valence-corrected chi connectivity index (χ4v) is 3.94. The van der Waals surface area contributed by atoms with Crippen LogP contribution >= 0.6 is 0 Å². The Labute approximate surface area is 191 Å². The SMILES string of the molecule is COc1cc(-c2nn(-c3ccccc3)cc2-c2nc3ccc(C)cc3[nH]2)cc(OC)c1OC. The first kappa shape index (κ1) is 20.6. The van der Waals surface area contributed by atoms with E-state index in [2.05, 4.69) is 24.0 Å². The molecule has 3 aromatic carbocycles. The highest BCUT2D eigenvalue weighted by Gasteiger charge is 2.21. The Bertz CT molecular complexity index is 1410. The highest BCUT2D eigenvalue weighted by atomic mass is 16.5. The Balaban J connectivity index is 1.75. The Morgan fingerprint density at radius 3 is 2.24 bits per heavy atom. The molecule has 0 amide bonds. The van der Waals surface area contributed by atoms with Crippen molar-refractivity contribution < 1.29 is 14.2 Å². The molecule has 7 nitrogen and oxygen atoms in total. The molecule has 0 unspecified atom stereocenters. The molecule has 0 radical (unpaired) electrons. The second-order valence-corrected chi connectivity index (χ2v) is 7.69. The number of methoxy groups -OCH3 is 3. The topological polar surface area (TPSA) is 74.2 Å². The lowest BCUT2D eigenvalue weighted by atomic mass is 10.1. The van der Waals surface area contributed by atoms with Gasteiger partial charge in [0.05, 0.1) is 43.6 Å². The number of fused-ring (bicyclic) bond motifs is 1. The van der Waals surface area contributed by atoms with Crippen LogP contribution in [0.4, 0.5) is 0 Å². The van der Waals surface area contributed by atoms with Crippen LogP contribution in [0.5, 0.6) is 17.2 Å². The number of H-pyrrole nitrogens is 1. The number of ether oxygens (including phenoxy) is 3. The predicted octanol–water partition coefficient (Wildman–Crippen LogP) is 5.42. The number of nitrogens with one attached hydrogen (secondary N) is 1. The van der Waals surface area contributed by atoms with E-state index in [1.54, 1.807) is 21.3 Å². The molecule has 0 fully saturated rings. The molecular weight excluding hydrogens is 416 g/mol. The third-order valence-corrected chi connectivity index (χ3v) is 5.57. The summed E-state index contributed by atoms with van der Waals surface area (Å²) in [5, 5.41) is 4.93. The van der Waals surface area contributed by atoms with Gasteiger partial charge < -0.3 is 19.2 Å². The molecule has 0 aliphatic rings. The first-order chi connectivity index (χ1) is 16.1. The maximum Gasteiger partial charge on any atom is 0.203 e. The molecule has 2 heterocycles. The lowest BCUT2D eigenvalue weighted by Gasteiger charge is -2.13. The maximum absolute atomic E-state index is 5.58. The lowest BCUT2D eigenvalue weighted by molar-refractivity contribution is 0.324. The molecule has 0 saturated carbocycles. The largest absolute Gasteiger partial charge is 0.493 e. The predicted molar refractivity (Wildman–Crippen MR) is 128 cm³/mol. The molecule has 0 aliphatic carbocycles. The van der Waals surface area contributed by atoms with Gasteiger partial charge in [0.25, 0.3) is 0 Å². The van der Waals surface area contributed by atoms with E-state index in [0.717, 1.165) is 39.4 Å². The maximum atomic E-state index is 5.58. The van der Waals surface area contributed by atoms with Gasteiger partial charge in [0.1, 0.15) is 11.5 Å². The number of aromatic nitrogens is 4. The number of aryl methyl sites for hydroxylation is 1. The molecular formula is C26H24N4O3. The fraction of sp³-hybridized carbons (Fsp3) is 0.154. The summed E-state index contributed by atoms with van der Waals surface area (Å²) < 4.78 is 18.5. The van der Waals surface area contributed by atoms with Crippen molar-refractivity contribution in [1.29, 1.82) is 0 Å². The number of imidazole rings is 1. The molecule has 0 spiro atoms. The normalized spacial score (nSPS) is 11.0. The van der Waals surface area contributed by atoms with Crippen molar-refractivity contribution in [2.45, 2.75) is 6.92 Å². The Kier molecular flexibility index (Phi) is 5.22. The number of aromatic amines is 1. The first-order valence-electron chi connectivity index (χ1n) is 10.5. The van der Waals surface area contributed by atoms with Gasteiger partial charge in [-0.25, -0.2) is 9.67 Å². The smallest absolute Gasteiger partial charge is 0.203 e. The first-order valence-corrected chi connectivity index (χ1v) is 10.5. The van der Waals surface area contributed by atoms with Crippen LogP contribution in [-0.4, -0.2) is 41.1 Å². The van der Waals surface area contributed by atoms with Gasteiger partial charge in [-0.3, -0.25) is 0 Å². The lowest BCUT2D eigenvalue weighted by Crippen LogP contribution is -1.97. The molecule has 33 heavy (non-hydrogen) atoms. The van der Waals surface area contributed by atoms with E-state index in [9.17, 15) is 0 Å². The number of para-hydroxylation sites is 1. The van der Waals surface area contributed by atoms with E-state index in [4.69, 9.17) is 24.3 Å². The standard InChI is InChI=1S/C26H24N4O3/c1-16-10-11-20-21(12-16)28-26(27-20)19-15-30(18-8-6-5-7-9-18)29-24(19)17-13-22(31-2)25(33-4)23(14-17)32-3/h5-15H,1-4H3,(H,27,28). The summed E-state index contributed by atoms with van der Waals surface area (Å²) >= 11 is 0. The minimum Gasteiger partial charge on any atom is -0.493 e. The van der Waals surface area contributed by atoms with Gasteiger partial charge >= 0.3 is 0 Å². The third-order valence-electron chi connectivity index (χ3n) is 5.57. The van der Waals surface area contributed by atoms with Crippen molar-refractivity contribution in [1.82, 2.24) is 19.7 Å². The molecule has 1 N–H and O–H groups in total. The average Bonchev–Trinajstić information content (AvgIpc) is 3.47. The quantitative estimate of drug-likeness (QED) is 0.382. The van der Waals surface area contributed by atoms with Crippen LogP contribution in [0.15, 0.2) is 66.9 Å². The van der Waals surface area contributed by atoms with Gasteiger partial charge in [0.15, 0.2) is 11.5 Å². The molecule has 0 bridgehead atoms. The summed E-state index contributed by atoms with van der Waals surface area (Å²) in [7, 11) is 4.80. The van der Waals surface area contributed by atoms with Crippen LogP contribution in [0.25, 0.3) is 39.4 Å². The number of benzene rings is 3. The zero-order valence-corrected chi connectivity index (χ0v) is 18.9. The molecule has 166 valence electrons. The van der Waals surface area contributed by atoms with E-state index in [1.807, 2.05) is 59.4 Å². The average molecular weight is 441 g/mol. The summed E-state index contributed by atoms with van der Waals surface area (Å²) in [6.45, 7) is 2.06. The van der Waals surface area contributed by atoms with Gasteiger partial charge in [0.2, 0.25) is 5.75 Å². The van der Waals surface area contributed by atoms with Gasteiger partial charge in [-0.05, 0) is 48.9 Å². The summed E-state index contributed by atoms with van der Waals surface area (Å²) in [6.07, 6.45) is 1.98. The number of hydrogen-bond acceptors (Lipinski definition) is 5. The van der Waals surface area contributed by atoms with Crippen molar-refractivity contribution in [3.05, 3.63) is 72.4 Å². The summed E-state index contributed by atoms with van der Waals surface area (Å²) in [5.74, 6) is 2.40. The van der Waals surface area contributed by atoms with Crippen LogP contribution in [0, 0.1) is 6.92 Å². The Morgan fingerprint density at radius 1 is 0.848 bits per heavy atom. The van der Waals surface area contributed by atoms with Crippen LogP contribution < -0.4 is 14.2 Å². The minimum atomic E-state index is 0.534. The zero-order chi connectivity index (χ0) is 22.9. The van der Waals surface area contributed by atoms with Crippen LogP contribution in [-0.2, 0) is 0 Å². The van der Waals surface area contributed by atoms with Gasteiger partial charge in [0, 0.05) is 11.8 Å². The van der Waals surface area contributed by atoms with Crippen molar-refractivity contribution in [3.63, 3.8) is 0 Å². The van der Waals surface area contributed by atoms with Crippen molar-refractivity contribution in [2.24, 2.45) is 0 Å². The molecule has 0 aliphatic heterocycles. The Hall–Kier alpha value is -4.26. The summed E-state index contributed by atoms with van der Waals surface area (Å²) in [5.41, 5.74) is 6.43. The van der Waals surface area contributed by atoms with Crippen LogP contribution in [0.3, 0.4) is 0 Å². The minimum absolute atomic E-state index is 0.534. The highest BCUT2D eigenvalue weighted by molar-refractivity contribution is 5.85. The van der Waals surface area contributed by atoms with E-state index in [-0.39, 0.29) is 0 Å². The number of hydrogen-bond donors (Lipinski definition) is 1.